The molecule has 5 nitrogen and oxygen atoms in total. The van der Waals surface area contributed by atoms with Gasteiger partial charge < -0.3 is 20.1 Å². The molecule has 6 heteroatoms. The summed E-state index contributed by atoms with van der Waals surface area (Å²) in [6.07, 6.45) is 0. The summed E-state index contributed by atoms with van der Waals surface area (Å²) in [4.78, 5) is 11.3. The Morgan fingerprint density at radius 2 is 2.12 bits per heavy atom. The van der Waals surface area contributed by atoms with Gasteiger partial charge >= 0.3 is 7.12 Å². The molecular formula is C10H14BNO4. The van der Waals surface area contributed by atoms with Gasteiger partial charge in [0.2, 0.25) is 5.91 Å². The van der Waals surface area contributed by atoms with Gasteiger partial charge in [0, 0.05) is 17.8 Å². The highest BCUT2D eigenvalue weighted by Crippen LogP contribution is 2.03. The van der Waals surface area contributed by atoms with Crippen LogP contribution in [0.3, 0.4) is 0 Å². The van der Waals surface area contributed by atoms with Crippen molar-refractivity contribution in [2.45, 2.75) is 6.92 Å². The average molecular weight is 223 g/mol. The lowest BCUT2D eigenvalue weighted by molar-refractivity contribution is -0.120. The van der Waals surface area contributed by atoms with Crippen LogP contribution in [0.25, 0.3) is 0 Å². The van der Waals surface area contributed by atoms with Crippen LogP contribution in [0.2, 0.25) is 0 Å². The quantitative estimate of drug-likeness (QED) is 0.579. The van der Waals surface area contributed by atoms with Crippen LogP contribution in [0.15, 0.2) is 24.3 Å². The minimum Gasteiger partial charge on any atom is -0.423 e. The van der Waals surface area contributed by atoms with Crippen LogP contribution in [-0.4, -0.2) is 36.3 Å². The van der Waals surface area contributed by atoms with E-state index in [0.717, 1.165) is 0 Å². The number of benzene rings is 1. The Hall–Kier alpha value is -1.37. The van der Waals surface area contributed by atoms with Crippen LogP contribution in [0.4, 0.5) is 5.69 Å². The first-order valence-corrected chi connectivity index (χ1v) is 4.97. The molecule has 0 saturated heterocycles. The number of rotatable bonds is 5. The summed E-state index contributed by atoms with van der Waals surface area (Å²) in [5.74, 6) is -0.324. The molecule has 0 aromatic heterocycles. The van der Waals surface area contributed by atoms with Gasteiger partial charge in [-0.15, -0.1) is 0 Å². The summed E-state index contributed by atoms with van der Waals surface area (Å²) in [6, 6.07) is 6.48. The number of carbonyl (C=O) groups is 1. The third-order valence-corrected chi connectivity index (χ3v) is 1.95. The van der Waals surface area contributed by atoms with Gasteiger partial charge in [-0.25, -0.2) is 0 Å². The number of nitrogens with one attached hydrogen (secondary N) is 1. The van der Waals surface area contributed by atoms with E-state index in [1.807, 2.05) is 0 Å². The number of ether oxygens (including phenoxy) is 1. The van der Waals surface area contributed by atoms with Crippen LogP contribution in [0.1, 0.15) is 6.92 Å². The number of amides is 1. The highest BCUT2D eigenvalue weighted by molar-refractivity contribution is 6.60. The molecule has 0 fully saturated rings. The zero-order valence-corrected chi connectivity index (χ0v) is 9.01. The smallest absolute Gasteiger partial charge is 0.423 e. The van der Waals surface area contributed by atoms with E-state index in [9.17, 15) is 4.79 Å². The standard InChI is InChI=1S/C10H14BNO4/c1-2-16-7-10(13)12-9-6-4-3-5-8(9)11(14)15/h3-6,14-15H,2,7H2,1H3,(H,12,13). The average Bonchev–Trinajstić information content (AvgIpc) is 2.27. The Labute approximate surface area is 94.2 Å². The van der Waals surface area contributed by atoms with E-state index in [2.05, 4.69) is 5.32 Å². The molecule has 1 aromatic carbocycles. The predicted molar refractivity (Wildman–Crippen MR) is 61.4 cm³/mol. The molecule has 86 valence electrons. The van der Waals surface area contributed by atoms with Crippen molar-refractivity contribution in [2.24, 2.45) is 0 Å². The summed E-state index contributed by atoms with van der Waals surface area (Å²) >= 11 is 0. The first-order valence-electron chi connectivity index (χ1n) is 4.97. The van der Waals surface area contributed by atoms with Gasteiger partial charge in [-0.2, -0.15) is 0 Å². The summed E-state index contributed by atoms with van der Waals surface area (Å²) < 4.78 is 4.93. The van der Waals surface area contributed by atoms with Crippen molar-refractivity contribution in [2.75, 3.05) is 18.5 Å². The number of para-hydroxylation sites is 1. The van der Waals surface area contributed by atoms with Crippen molar-refractivity contribution in [1.82, 2.24) is 0 Å². The van der Waals surface area contributed by atoms with Crippen molar-refractivity contribution >= 4 is 24.2 Å². The number of hydrogen-bond acceptors (Lipinski definition) is 4. The van der Waals surface area contributed by atoms with Gasteiger partial charge in [-0.1, -0.05) is 18.2 Å². The molecule has 0 atom stereocenters. The zero-order chi connectivity index (χ0) is 12.0. The van der Waals surface area contributed by atoms with Gasteiger partial charge in [0.15, 0.2) is 0 Å². The molecule has 0 unspecified atom stereocenters. The van der Waals surface area contributed by atoms with Crippen LogP contribution in [0, 0.1) is 0 Å². The molecule has 0 aliphatic rings. The van der Waals surface area contributed by atoms with E-state index >= 15 is 0 Å². The monoisotopic (exact) mass is 223 g/mol. The lowest BCUT2D eigenvalue weighted by Crippen LogP contribution is -2.34. The molecular weight excluding hydrogens is 209 g/mol. The molecule has 0 spiro atoms. The molecule has 0 radical (unpaired) electrons. The molecule has 0 bridgehead atoms. The summed E-state index contributed by atoms with van der Waals surface area (Å²) in [6.45, 7) is 2.20. The Morgan fingerprint density at radius 1 is 1.44 bits per heavy atom. The largest absolute Gasteiger partial charge is 0.490 e. The van der Waals surface area contributed by atoms with Crippen LogP contribution >= 0.6 is 0 Å². The first-order chi connectivity index (χ1) is 7.65. The minimum atomic E-state index is -1.61. The molecule has 1 aromatic rings. The highest BCUT2D eigenvalue weighted by atomic mass is 16.5. The highest BCUT2D eigenvalue weighted by Gasteiger charge is 2.16. The van der Waals surface area contributed by atoms with Gasteiger partial charge in [-0.05, 0) is 13.0 Å². The number of anilines is 1. The molecule has 16 heavy (non-hydrogen) atoms. The van der Waals surface area contributed by atoms with Gasteiger partial charge in [0.25, 0.3) is 0 Å². The predicted octanol–water partition coefficient (Wildman–Crippen LogP) is -0.659. The molecule has 3 N–H and O–H groups in total. The lowest BCUT2D eigenvalue weighted by atomic mass is 9.79. The Morgan fingerprint density at radius 3 is 2.75 bits per heavy atom. The van der Waals surface area contributed by atoms with Crippen molar-refractivity contribution in [3.63, 3.8) is 0 Å². The molecule has 0 saturated carbocycles. The normalized spacial score (nSPS) is 9.94. The second-order valence-corrected chi connectivity index (χ2v) is 3.15. The van der Waals surface area contributed by atoms with Gasteiger partial charge in [0.1, 0.15) is 6.61 Å². The van der Waals surface area contributed by atoms with Crippen molar-refractivity contribution in [1.29, 1.82) is 0 Å². The van der Waals surface area contributed by atoms with E-state index in [1.54, 1.807) is 25.1 Å². The lowest BCUT2D eigenvalue weighted by Gasteiger charge is -2.10. The van der Waals surface area contributed by atoms with E-state index in [-0.39, 0.29) is 18.0 Å². The van der Waals surface area contributed by atoms with Crippen molar-refractivity contribution in [3.05, 3.63) is 24.3 Å². The fourth-order valence-electron chi connectivity index (χ4n) is 1.22. The second-order valence-electron chi connectivity index (χ2n) is 3.15. The number of carbonyl (C=O) groups excluding carboxylic acids is 1. The molecule has 1 amide bonds. The maximum Gasteiger partial charge on any atom is 0.490 e. The Kier molecular flexibility index (Phi) is 4.98. The van der Waals surface area contributed by atoms with Gasteiger partial charge in [0.05, 0.1) is 0 Å². The van der Waals surface area contributed by atoms with E-state index < -0.39 is 7.12 Å². The second kappa shape index (κ2) is 6.27. The molecule has 0 aliphatic carbocycles. The maximum absolute atomic E-state index is 11.3. The van der Waals surface area contributed by atoms with Gasteiger partial charge in [-0.3, -0.25) is 4.79 Å². The Balaban J connectivity index is 2.69. The summed E-state index contributed by atoms with van der Waals surface area (Å²) in [5.41, 5.74) is 0.634. The van der Waals surface area contributed by atoms with Crippen molar-refractivity contribution in [3.8, 4) is 0 Å². The molecule has 0 aliphatic heterocycles. The SMILES string of the molecule is CCOCC(=O)Nc1ccccc1B(O)O. The maximum atomic E-state index is 11.3. The zero-order valence-electron chi connectivity index (χ0n) is 9.01. The minimum absolute atomic E-state index is 0.0492. The van der Waals surface area contributed by atoms with Crippen molar-refractivity contribution < 1.29 is 19.6 Å². The van der Waals surface area contributed by atoms with E-state index in [4.69, 9.17) is 14.8 Å². The topological polar surface area (TPSA) is 78.8 Å². The Bertz CT molecular complexity index is 356. The fourth-order valence-corrected chi connectivity index (χ4v) is 1.22. The van der Waals surface area contributed by atoms with Crippen LogP contribution in [-0.2, 0) is 9.53 Å². The summed E-state index contributed by atoms with van der Waals surface area (Å²) in [5, 5.41) is 20.7. The number of hydrogen-bond donors (Lipinski definition) is 3. The third kappa shape index (κ3) is 3.65. The van der Waals surface area contributed by atoms with Crippen LogP contribution in [0.5, 0.6) is 0 Å². The molecule has 0 heterocycles. The third-order valence-electron chi connectivity index (χ3n) is 1.95. The fraction of sp³-hybridized carbons (Fsp3) is 0.300. The molecule has 1 rings (SSSR count). The summed E-state index contributed by atoms with van der Waals surface area (Å²) in [7, 11) is -1.61. The first kappa shape index (κ1) is 12.7. The van der Waals surface area contributed by atoms with Crippen LogP contribution < -0.4 is 10.8 Å². The van der Waals surface area contributed by atoms with E-state index in [1.165, 1.54) is 6.07 Å². The van der Waals surface area contributed by atoms with E-state index in [0.29, 0.717) is 12.3 Å².